The quantitative estimate of drug-likeness (QED) is 0.374. The van der Waals surface area contributed by atoms with Gasteiger partial charge in [0.25, 0.3) is 11.5 Å². The van der Waals surface area contributed by atoms with Crippen LogP contribution >= 0.6 is 0 Å². The summed E-state index contributed by atoms with van der Waals surface area (Å²) < 4.78 is 1.22. The topological polar surface area (TPSA) is 122 Å². The van der Waals surface area contributed by atoms with Gasteiger partial charge in [0, 0.05) is 17.7 Å². The van der Waals surface area contributed by atoms with E-state index in [1.54, 1.807) is 31.2 Å². The van der Waals surface area contributed by atoms with Crippen LogP contribution in [-0.2, 0) is 6.54 Å². The van der Waals surface area contributed by atoms with Crippen LogP contribution in [0, 0.1) is 0 Å². The minimum Gasteiger partial charge on any atom is -0.506 e. The van der Waals surface area contributed by atoms with Crippen LogP contribution < -0.4 is 10.9 Å². The molecule has 3 N–H and O–H groups in total. The van der Waals surface area contributed by atoms with Crippen LogP contribution in [0.15, 0.2) is 83.7 Å². The highest BCUT2D eigenvalue weighted by Gasteiger charge is 2.25. The van der Waals surface area contributed by atoms with Crippen molar-refractivity contribution in [1.82, 2.24) is 9.78 Å². The number of aryl methyl sites for hydroxylation is 1. The monoisotopic (exact) mass is 455 g/mol. The van der Waals surface area contributed by atoms with Crippen LogP contribution in [0.2, 0.25) is 0 Å². The van der Waals surface area contributed by atoms with Crippen LogP contribution in [0.25, 0.3) is 22.4 Å². The number of amides is 1. The molecule has 0 spiro atoms. The van der Waals surface area contributed by atoms with E-state index < -0.39 is 23.2 Å². The van der Waals surface area contributed by atoms with Crippen molar-refractivity contribution < 1.29 is 19.8 Å². The average molecular weight is 455 g/mol. The first-order chi connectivity index (χ1) is 16.4. The summed E-state index contributed by atoms with van der Waals surface area (Å²) >= 11 is 0. The molecule has 0 bridgehead atoms. The number of nitrogens with one attached hydrogen (secondary N) is 1. The maximum absolute atomic E-state index is 13.5. The molecule has 170 valence electrons. The first kappa shape index (κ1) is 22.5. The Kier molecular flexibility index (Phi) is 6.22. The number of carboxylic acid groups (broad SMARTS) is 1. The number of carbonyl (C=O) groups excluding carboxylic acids is 1. The molecule has 0 saturated heterocycles. The Labute approximate surface area is 194 Å². The third kappa shape index (κ3) is 4.29. The lowest BCUT2D eigenvalue weighted by Gasteiger charge is -2.17. The van der Waals surface area contributed by atoms with Crippen LogP contribution in [0.4, 0.5) is 5.69 Å². The highest BCUT2D eigenvalue weighted by Crippen LogP contribution is 2.33. The van der Waals surface area contributed by atoms with E-state index in [1.165, 1.54) is 16.8 Å². The molecule has 0 atom stereocenters. The summed E-state index contributed by atoms with van der Waals surface area (Å²) in [6.45, 7) is 2.00. The van der Waals surface area contributed by atoms with Crippen molar-refractivity contribution in [2.75, 3.05) is 5.32 Å². The molecule has 8 nitrogen and oxygen atoms in total. The Morgan fingerprint density at radius 2 is 1.56 bits per heavy atom. The van der Waals surface area contributed by atoms with Gasteiger partial charge in [-0.2, -0.15) is 5.10 Å². The zero-order chi connectivity index (χ0) is 24.2. The molecule has 1 aromatic heterocycles. The van der Waals surface area contributed by atoms with Crippen molar-refractivity contribution in [3.63, 3.8) is 0 Å². The van der Waals surface area contributed by atoms with Gasteiger partial charge < -0.3 is 15.5 Å². The summed E-state index contributed by atoms with van der Waals surface area (Å²) in [6.07, 6.45) is 0. The Hall–Kier alpha value is -4.72. The van der Waals surface area contributed by atoms with Crippen molar-refractivity contribution in [1.29, 1.82) is 0 Å². The molecule has 0 saturated carbocycles. The number of anilines is 1. The maximum atomic E-state index is 13.5. The second-order valence-corrected chi connectivity index (χ2v) is 7.44. The third-order valence-corrected chi connectivity index (χ3v) is 5.28. The lowest BCUT2D eigenvalue weighted by molar-refractivity contribution is 0.0696. The van der Waals surface area contributed by atoms with Crippen molar-refractivity contribution in [3.05, 3.63) is 100 Å². The molecule has 0 aliphatic heterocycles. The van der Waals surface area contributed by atoms with Crippen molar-refractivity contribution in [2.45, 2.75) is 13.5 Å². The Morgan fingerprint density at radius 3 is 2.12 bits per heavy atom. The summed E-state index contributed by atoms with van der Waals surface area (Å²) in [5.74, 6) is -2.39. The number of phenols is 1. The molecule has 4 aromatic rings. The van der Waals surface area contributed by atoms with Gasteiger partial charge in [0.05, 0.1) is 16.9 Å². The van der Waals surface area contributed by atoms with Gasteiger partial charge in [0.15, 0.2) is 0 Å². The first-order valence-corrected chi connectivity index (χ1v) is 10.5. The van der Waals surface area contributed by atoms with Gasteiger partial charge in [-0.1, -0.05) is 60.7 Å². The number of aromatic hydroxyl groups is 1. The van der Waals surface area contributed by atoms with E-state index in [-0.39, 0.29) is 23.4 Å². The van der Waals surface area contributed by atoms with E-state index in [4.69, 9.17) is 5.11 Å². The van der Waals surface area contributed by atoms with E-state index in [1.807, 2.05) is 36.4 Å². The van der Waals surface area contributed by atoms with E-state index in [2.05, 4.69) is 10.4 Å². The van der Waals surface area contributed by atoms with Gasteiger partial charge in [0.1, 0.15) is 11.3 Å². The normalized spacial score (nSPS) is 10.6. The van der Waals surface area contributed by atoms with Crippen molar-refractivity contribution in [2.24, 2.45) is 0 Å². The van der Waals surface area contributed by atoms with E-state index in [0.717, 1.165) is 11.6 Å². The van der Waals surface area contributed by atoms with Crippen LogP contribution in [-0.4, -0.2) is 31.9 Å². The number of phenolic OH excluding ortho intramolecular Hbond substituents is 1. The first-order valence-electron chi connectivity index (χ1n) is 10.5. The van der Waals surface area contributed by atoms with Gasteiger partial charge in [-0.05, 0) is 30.7 Å². The SMILES string of the molecule is CCn1nc(-c2ccccc2)c(-c2ccccc2)c(C(=O)Nc2ccc(C(=O)O)cc2O)c1=O. The van der Waals surface area contributed by atoms with Gasteiger partial charge >= 0.3 is 5.97 Å². The molecule has 1 amide bonds. The highest BCUT2D eigenvalue weighted by molar-refractivity contribution is 6.11. The number of carbonyl (C=O) groups is 2. The molecule has 0 radical (unpaired) electrons. The van der Waals surface area contributed by atoms with Crippen LogP contribution in [0.1, 0.15) is 27.6 Å². The molecule has 0 aliphatic rings. The number of rotatable bonds is 6. The Bertz CT molecular complexity index is 1430. The lowest BCUT2D eigenvalue weighted by atomic mass is 9.95. The molecule has 4 rings (SSSR count). The molecule has 0 fully saturated rings. The number of hydrogen-bond acceptors (Lipinski definition) is 5. The number of aromatic nitrogens is 2. The molecular weight excluding hydrogens is 434 g/mol. The molecule has 34 heavy (non-hydrogen) atoms. The molecule has 0 unspecified atom stereocenters. The van der Waals surface area contributed by atoms with E-state index in [0.29, 0.717) is 16.8 Å². The predicted molar refractivity (Wildman–Crippen MR) is 128 cm³/mol. The molecule has 3 aromatic carbocycles. The molecule has 0 aliphatic carbocycles. The largest absolute Gasteiger partial charge is 0.506 e. The van der Waals surface area contributed by atoms with Crippen molar-refractivity contribution >= 4 is 17.6 Å². The summed E-state index contributed by atoms with van der Waals surface area (Å²) in [4.78, 5) is 38.0. The second-order valence-electron chi connectivity index (χ2n) is 7.44. The highest BCUT2D eigenvalue weighted by atomic mass is 16.4. The smallest absolute Gasteiger partial charge is 0.335 e. The second kappa shape index (κ2) is 9.41. The minimum absolute atomic E-state index is 0.0190. The number of aromatic carboxylic acids is 1. The zero-order valence-electron chi connectivity index (χ0n) is 18.2. The Morgan fingerprint density at radius 1 is 0.941 bits per heavy atom. The van der Waals surface area contributed by atoms with Gasteiger partial charge in [-0.15, -0.1) is 0 Å². The summed E-state index contributed by atoms with van der Waals surface area (Å²) in [5, 5.41) is 26.5. The lowest BCUT2D eigenvalue weighted by Crippen LogP contribution is -2.32. The fourth-order valence-corrected chi connectivity index (χ4v) is 3.63. The predicted octanol–water partition coefficient (Wildman–Crippen LogP) is 4.25. The van der Waals surface area contributed by atoms with Crippen molar-refractivity contribution in [3.8, 4) is 28.1 Å². The number of benzene rings is 3. The summed E-state index contributed by atoms with van der Waals surface area (Å²) in [7, 11) is 0. The fraction of sp³-hybridized carbons (Fsp3) is 0.0769. The summed E-state index contributed by atoms with van der Waals surface area (Å²) in [6, 6.07) is 21.8. The Balaban J connectivity index is 1.93. The number of carboxylic acids is 1. The molecule has 1 heterocycles. The van der Waals surface area contributed by atoms with Crippen LogP contribution in [0.3, 0.4) is 0 Å². The molecule has 8 heteroatoms. The average Bonchev–Trinajstić information content (AvgIpc) is 2.85. The maximum Gasteiger partial charge on any atom is 0.335 e. The number of nitrogens with zero attached hydrogens (tertiary/aromatic N) is 2. The van der Waals surface area contributed by atoms with Gasteiger partial charge in [0.2, 0.25) is 0 Å². The van der Waals surface area contributed by atoms with Gasteiger partial charge in [-0.3, -0.25) is 9.59 Å². The minimum atomic E-state index is -1.22. The zero-order valence-corrected chi connectivity index (χ0v) is 18.2. The van der Waals surface area contributed by atoms with E-state index >= 15 is 0 Å². The summed E-state index contributed by atoms with van der Waals surface area (Å²) in [5.41, 5.74) is 1.31. The third-order valence-electron chi connectivity index (χ3n) is 5.28. The van der Waals surface area contributed by atoms with E-state index in [9.17, 15) is 19.5 Å². The van der Waals surface area contributed by atoms with Gasteiger partial charge in [-0.25, -0.2) is 9.48 Å². The van der Waals surface area contributed by atoms with Crippen LogP contribution in [0.5, 0.6) is 5.75 Å². The molecular formula is C26H21N3O5. The fourth-order valence-electron chi connectivity index (χ4n) is 3.63. The number of hydrogen-bond donors (Lipinski definition) is 3. The standard InChI is InChI=1S/C26H21N3O5/c1-2-29-25(32)22(24(31)27-19-14-13-18(26(33)34)15-20(19)30)21(16-9-5-3-6-10-16)23(28-29)17-11-7-4-8-12-17/h3-15,30H,2H2,1H3,(H,27,31)(H,33,34).